The van der Waals surface area contributed by atoms with Crippen molar-refractivity contribution in [2.24, 2.45) is 0 Å². The molecule has 0 unspecified atom stereocenters. The van der Waals surface area contributed by atoms with Crippen molar-refractivity contribution in [2.45, 2.75) is 24.5 Å². The predicted molar refractivity (Wildman–Crippen MR) is 103 cm³/mol. The van der Waals surface area contributed by atoms with Crippen LogP contribution >= 0.6 is 0 Å². The van der Waals surface area contributed by atoms with Crippen molar-refractivity contribution in [1.82, 2.24) is 15.0 Å². The lowest BCUT2D eigenvalue weighted by atomic mass is 10.1. The van der Waals surface area contributed by atoms with Gasteiger partial charge in [-0.1, -0.05) is 12.1 Å². The van der Waals surface area contributed by atoms with Crippen molar-refractivity contribution >= 4 is 26.6 Å². The van der Waals surface area contributed by atoms with Gasteiger partial charge in [0.2, 0.25) is 0 Å². The van der Waals surface area contributed by atoms with Crippen LogP contribution in [-0.4, -0.2) is 49.2 Å². The van der Waals surface area contributed by atoms with Crippen LogP contribution in [0.15, 0.2) is 30.5 Å². The first-order valence-corrected chi connectivity index (χ1v) is 10.8. The molecular formula is C19H20N4O3S. The Balaban J connectivity index is 1.72. The number of anilines is 1. The van der Waals surface area contributed by atoms with Crippen LogP contribution in [0.2, 0.25) is 0 Å². The quantitative estimate of drug-likeness (QED) is 0.729. The van der Waals surface area contributed by atoms with Gasteiger partial charge in [0.1, 0.15) is 5.82 Å². The summed E-state index contributed by atoms with van der Waals surface area (Å²) < 4.78 is 30.2. The molecule has 1 saturated heterocycles. The number of fused-ring (bicyclic) bond motifs is 2. The average Bonchev–Trinajstić information content (AvgIpc) is 3.23. The second-order valence-electron chi connectivity index (χ2n) is 7.19. The molecule has 2 aliphatic heterocycles. The van der Waals surface area contributed by atoms with Crippen LogP contribution in [0.1, 0.15) is 18.2 Å². The molecule has 4 heterocycles. The maximum Gasteiger partial charge on any atom is 0.162 e. The van der Waals surface area contributed by atoms with E-state index in [1.54, 1.807) is 0 Å². The first kappa shape index (κ1) is 16.7. The van der Waals surface area contributed by atoms with Crippen molar-refractivity contribution in [2.75, 3.05) is 24.7 Å². The predicted octanol–water partition coefficient (Wildman–Crippen LogP) is 2.28. The Bertz CT molecular complexity index is 1140. The highest BCUT2D eigenvalue weighted by Gasteiger charge is 2.34. The van der Waals surface area contributed by atoms with E-state index >= 15 is 0 Å². The van der Waals surface area contributed by atoms with E-state index in [1.165, 1.54) is 0 Å². The molecule has 0 aliphatic carbocycles. The van der Waals surface area contributed by atoms with Gasteiger partial charge in [-0.2, -0.15) is 0 Å². The number of sulfone groups is 1. The summed E-state index contributed by atoms with van der Waals surface area (Å²) in [6, 6.07) is 8.07. The number of ether oxygens (including phenoxy) is 1. The second kappa shape index (κ2) is 6.03. The summed E-state index contributed by atoms with van der Waals surface area (Å²) >= 11 is 0. The number of hydrogen-bond donors (Lipinski definition) is 1. The number of nitrogens with zero attached hydrogens (tertiary/aromatic N) is 3. The summed E-state index contributed by atoms with van der Waals surface area (Å²) in [6.45, 7) is 3.98. The number of benzene rings is 1. The molecule has 1 fully saturated rings. The summed E-state index contributed by atoms with van der Waals surface area (Å²) in [5.41, 5.74) is 3.28. The zero-order valence-corrected chi connectivity index (χ0v) is 15.8. The number of aromatic nitrogens is 3. The lowest BCUT2D eigenvalue weighted by Crippen LogP contribution is -2.44. The minimum Gasteiger partial charge on any atom is -0.377 e. The lowest BCUT2D eigenvalue weighted by Gasteiger charge is -2.35. The fourth-order valence-corrected chi connectivity index (χ4v) is 5.44. The van der Waals surface area contributed by atoms with Crippen molar-refractivity contribution in [3.8, 4) is 11.4 Å². The van der Waals surface area contributed by atoms with E-state index < -0.39 is 9.84 Å². The third-order valence-corrected chi connectivity index (χ3v) is 6.71. The molecule has 2 aromatic heterocycles. The van der Waals surface area contributed by atoms with Crippen LogP contribution in [-0.2, 0) is 26.1 Å². The molecule has 27 heavy (non-hydrogen) atoms. The van der Waals surface area contributed by atoms with Gasteiger partial charge in [0.05, 0.1) is 36.5 Å². The number of H-pyrrole nitrogens is 1. The van der Waals surface area contributed by atoms with E-state index in [9.17, 15) is 8.42 Å². The molecular weight excluding hydrogens is 364 g/mol. The first-order valence-electron chi connectivity index (χ1n) is 9.03. The third kappa shape index (κ3) is 2.80. The van der Waals surface area contributed by atoms with Gasteiger partial charge < -0.3 is 14.6 Å². The normalized spacial score (nSPS) is 21.5. The maximum atomic E-state index is 12.3. The molecule has 2 aliphatic rings. The van der Waals surface area contributed by atoms with E-state index in [2.05, 4.69) is 21.8 Å². The van der Waals surface area contributed by atoms with Crippen LogP contribution in [0.25, 0.3) is 22.3 Å². The van der Waals surface area contributed by atoms with Crippen LogP contribution in [0.5, 0.6) is 0 Å². The number of morpholine rings is 1. The van der Waals surface area contributed by atoms with Crippen LogP contribution in [0, 0.1) is 0 Å². The lowest BCUT2D eigenvalue weighted by molar-refractivity contribution is 0.0984. The van der Waals surface area contributed by atoms with Gasteiger partial charge in [-0.05, 0) is 19.1 Å². The molecule has 0 saturated carbocycles. The Labute approximate surface area is 157 Å². The molecule has 7 nitrogen and oxygen atoms in total. The van der Waals surface area contributed by atoms with Crippen LogP contribution in [0.4, 0.5) is 5.82 Å². The molecule has 5 rings (SSSR count). The van der Waals surface area contributed by atoms with Crippen LogP contribution < -0.4 is 4.90 Å². The highest BCUT2D eigenvalue weighted by atomic mass is 32.2. The molecule has 140 valence electrons. The zero-order valence-electron chi connectivity index (χ0n) is 15.0. The largest absolute Gasteiger partial charge is 0.377 e. The molecule has 1 atom stereocenters. The number of aromatic amines is 1. The topological polar surface area (TPSA) is 88.2 Å². The molecule has 0 bridgehead atoms. The van der Waals surface area contributed by atoms with E-state index in [1.807, 2.05) is 30.5 Å². The Morgan fingerprint density at radius 3 is 2.96 bits per heavy atom. The smallest absolute Gasteiger partial charge is 0.162 e. The van der Waals surface area contributed by atoms with Gasteiger partial charge in [0, 0.05) is 34.8 Å². The van der Waals surface area contributed by atoms with Gasteiger partial charge in [-0.15, -0.1) is 0 Å². The van der Waals surface area contributed by atoms with Crippen molar-refractivity contribution < 1.29 is 13.2 Å². The Morgan fingerprint density at radius 1 is 1.22 bits per heavy atom. The molecule has 0 radical (unpaired) electrons. The monoisotopic (exact) mass is 384 g/mol. The van der Waals surface area contributed by atoms with E-state index in [-0.39, 0.29) is 17.5 Å². The average molecular weight is 384 g/mol. The maximum absolute atomic E-state index is 12.3. The summed E-state index contributed by atoms with van der Waals surface area (Å²) in [7, 11) is -3.18. The highest BCUT2D eigenvalue weighted by Crippen LogP contribution is 2.35. The summed E-state index contributed by atoms with van der Waals surface area (Å²) in [4.78, 5) is 14.9. The first-order chi connectivity index (χ1) is 13.0. The van der Waals surface area contributed by atoms with Gasteiger partial charge in [0.25, 0.3) is 0 Å². The summed E-state index contributed by atoms with van der Waals surface area (Å²) in [5, 5.41) is 1.03. The van der Waals surface area contributed by atoms with Gasteiger partial charge in [0.15, 0.2) is 15.7 Å². The number of nitrogens with one attached hydrogen (secondary N) is 1. The van der Waals surface area contributed by atoms with E-state index in [4.69, 9.17) is 9.72 Å². The van der Waals surface area contributed by atoms with Crippen LogP contribution in [0.3, 0.4) is 0 Å². The van der Waals surface area contributed by atoms with Gasteiger partial charge in [-0.3, -0.25) is 0 Å². The zero-order chi connectivity index (χ0) is 18.6. The fraction of sp³-hybridized carbons (Fsp3) is 0.368. The molecule has 1 aromatic carbocycles. The van der Waals surface area contributed by atoms with E-state index in [0.29, 0.717) is 31.3 Å². The molecule has 0 spiro atoms. The van der Waals surface area contributed by atoms with Gasteiger partial charge in [-0.25, -0.2) is 18.4 Å². The standard InChI is InChI=1S/C19H20N4O3S/c1-12-9-26-8-7-23(12)19-15-10-27(24,25)11-17(15)21-18(22-19)14-3-2-4-16-13(14)5-6-20-16/h2-6,12,20H,7-11H2,1H3/t12-/m1/s1. The summed E-state index contributed by atoms with van der Waals surface area (Å²) in [5.74, 6) is 1.30. The third-order valence-electron chi connectivity index (χ3n) is 5.27. The Kier molecular flexibility index (Phi) is 3.73. The molecule has 0 amide bonds. The SMILES string of the molecule is C[C@@H]1COCCN1c1nc(-c2cccc3[nH]ccc23)nc2c1CS(=O)(=O)C2. The van der Waals surface area contributed by atoms with Crippen molar-refractivity contribution in [3.05, 3.63) is 41.7 Å². The van der Waals surface area contributed by atoms with E-state index in [0.717, 1.165) is 27.8 Å². The van der Waals surface area contributed by atoms with Crippen molar-refractivity contribution in [3.63, 3.8) is 0 Å². The highest BCUT2D eigenvalue weighted by molar-refractivity contribution is 7.90. The minimum absolute atomic E-state index is 0.0103. The Hall–Kier alpha value is -2.45. The van der Waals surface area contributed by atoms with Gasteiger partial charge >= 0.3 is 0 Å². The Morgan fingerprint density at radius 2 is 2.11 bits per heavy atom. The number of rotatable bonds is 2. The molecule has 3 aromatic rings. The molecule has 1 N–H and O–H groups in total. The van der Waals surface area contributed by atoms with Crippen molar-refractivity contribution in [1.29, 1.82) is 0 Å². The minimum atomic E-state index is -3.18. The second-order valence-corrected chi connectivity index (χ2v) is 9.25. The molecule has 8 heteroatoms. The summed E-state index contributed by atoms with van der Waals surface area (Å²) in [6.07, 6.45) is 1.89. The number of hydrogen-bond acceptors (Lipinski definition) is 6. The fourth-order valence-electron chi connectivity index (χ4n) is 3.94.